The van der Waals surface area contributed by atoms with Crippen molar-refractivity contribution in [2.45, 2.75) is 26.3 Å². The summed E-state index contributed by atoms with van der Waals surface area (Å²) in [4.78, 5) is 25.1. The third kappa shape index (κ3) is 3.91. The summed E-state index contributed by atoms with van der Waals surface area (Å²) in [5.41, 5.74) is 0.845. The Labute approximate surface area is 135 Å². The summed E-state index contributed by atoms with van der Waals surface area (Å²) in [6.07, 6.45) is 0.610. The molecule has 1 aliphatic heterocycles. The first kappa shape index (κ1) is 16.6. The fourth-order valence-corrected chi connectivity index (χ4v) is 3.18. The molecular formula is C16H21ClN2O3. The average Bonchev–Trinajstić information content (AvgIpc) is 2.46. The summed E-state index contributed by atoms with van der Waals surface area (Å²) >= 11 is 6.13. The highest BCUT2D eigenvalue weighted by atomic mass is 35.5. The molecule has 2 N–H and O–H groups in total. The maximum Gasteiger partial charge on any atom is 0.317 e. The molecule has 1 aliphatic rings. The SMILES string of the molecule is CC1CC(C(=O)O)CN(C(=O)NC(C)c2ccccc2Cl)C1. The Bertz CT molecular complexity index is 564. The molecule has 22 heavy (non-hydrogen) atoms. The molecule has 0 bridgehead atoms. The molecule has 2 amide bonds. The molecule has 1 aromatic rings. The van der Waals surface area contributed by atoms with Gasteiger partial charge in [-0.2, -0.15) is 0 Å². The Morgan fingerprint density at radius 1 is 1.36 bits per heavy atom. The highest BCUT2D eigenvalue weighted by Crippen LogP contribution is 2.24. The second-order valence-electron chi connectivity index (χ2n) is 5.97. The van der Waals surface area contributed by atoms with Gasteiger partial charge in [0.2, 0.25) is 0 Å². The average molecular weight is 325 g/mol. The Kier molecular flexibility index (Phi) is 5.29. The first-order valence-corrected chi connectivity index (χ1v) is 7.79. The van der Waals surface area contributed by atoms with Gasteiger partial charge in [0.1, 0.15) is 0 Å². The van der Waals surface area contributed by atoms with Gasteiger partial charge in [-0.15, -0.1) is 0 Å². The molecule has 2 rings (SSSR count). The lowest BCUT2D eigenvalue weighted by Crippen LogP contribution is -2.49. The van der Waals surface area contributed by atoms with Crippen LogP contribution in [0.4, 0.5) is 4.79 Å². The molecule has 0 spiro atoms. The zero-order chi connectivity index (χ0) is 16.3. The van der Waals surface area contributed by atoms with Crippen LogP contribution in [-0.4, -0.2) is 35.1 Å². The number of hydrogen-bond donors (Lipinski definition) is 2. The molecule has 3 atom stereocenters. The van der Waals surface area contributed by atoms with E-state index in [0.29, 0.717) is 18.0 Å². The largest absolute Gasteiger partial charge is 0.481 e. The lowest BCUT2D eigenvalue weighted by Gasteiger charge is -2.35. The topological polar surface area (TPSA) is 69.6 Å². The lowest BCUT2D eigenvalue weighted by atomic mass is 9.91. The molecule has 1 fully saturated rings. The van der Waals surface area contributed by atoms with Crippen LogP contribution in [0.1, 0.15) is 31.9 Å². The van der Waals surface area contributed by atoms with Gasteiger partial charge in [-0.1, -0.05) is 36.7 Å². The predicted octanol–water partition coefficient (Wildman–Crippen LogP) is 3.15. The van der Waals surface area contributed by atoms with E-state index in [9.17, 15) is 14.7 Å². The number of rotatable bonds is 3. The van der Waals surface area contributed by atoms with Crippen LogP contribution in [-0.2, 0) is 4.79 Å². The van der Waals surface area contributed by atoms with Crippen LogP contribution < -0.4 is 5.32 Å². The Hall–Kier alpha value is -1.75. The summed E-state index contributed by atoms with van der Waals surface area (Å²) in [5, 5.41) is 12.7. The van der Waals surface area contributed by atoms with Crippen LogP contribution in [0, 0.1) is 11.8 Å². The number of hydrogen-bond acceptors (Lipinski definition) is 2. The van der Waals surface area contributed by atoms with Gasteiger partial charge in [-0.05, 0) is 30.9 Å². The van der Waals surface area contributed by atoms with Gasteiger partial charge >= 0.3 is 12.0 Å². The molecular weight excluding hydrogens is 304 g/mol. The van der Waals surface area contributed by atoms with Crippen molar-refractivity contribution in [1.29, 1.82) is 0 Å². The number of amides is 2. The molecule has 0 aliphatic carbocycles. The predicted molar refractivity (Wildman–Crippen MR) is 84.9 cm³/mol. The van der Waals surface area contributed by atoms with E-state index < -0.39 is 11.9 Å². The third-order valence-corrected chi connectivity index (χ3v) is 4.35. The number of carboxylic acids is 1. The second kappa shape index (κ2) is 7.01. The zero-order valence-electron chi connectivity index (χ0n) is 12.8. The van der Waals surface area contributed by atoms with Crippen molar-refractivity contribution in [2.75, 3.05) is 13.1 Å². The van der Waals surface area contributed by atoms with E-state index in [1.165, 1.54) is 0 Å². The van der Waals surface area contributed by atoms with Crippen LogP contribution in [0.15, 0.2) is 24.3 Å². The number of nitrogens with one attached hydrogen (secondary N) is 1. The Morgan fingerprint density at radius 3 is 2.68 bits per heavy atom. The maximum atomic E-state index is 12.4. The summed E-state index contributed by atoms with van der Waals surface area (Å²) in [6, 6.07) is 6.87. The normalized spacial score (nSPS) is 23.0. The molecule has 1 aromatic carbocycles. The lowest BCUT2D eigenvalue weighted by molar-refractivity contribution is -0.143. The van der Waals surface area contributed by atoms with Crippen molar-refractivity contribution < 1.29 is 14.7 Å². The molecule has 3 unspecified atom stereocenters. The van der Waals surface area contributed by atoms with Crippen molar-refractivity contribution in [2.24, 2.45) is 11.8 Å². The highest BCUT2D eigenvalue weighted by Gasteiger charge is 2.32. The molecule has 6 heteroatoms. The van der Waals surface area contributed by atoms with Crippen molar-refractivity contribution in [3.63, 3.8) is 0 Å². The standard InChI is InChI=1S/C16H21ClN2O3/c1-10-7-12(15(20)21)9-19(8-10)16(22)18-11(2)13-5-3-4-6-14(13)17/h3-6,10-12H,7-9H2,1-2H3,(H,18,22)(H,20,21). The van der Waals surface area contributed by atoms with Crippen molar-refractivity contribution >= 4 is 23.6 Å². The van der Waals surface area contributed by atoms with Crippen LogP contribution >= 0.6 is 11.6 Å². The highest BCUT2D eigenvalue weighted by molar-refractivity contribution is 6.31. The quantitative estimate of drug-likeness (QED) is 0.897. The van der Waals surface area contributed by atoms with Crippen LogP contribution in [0.25, 0.3) is 0 Å². The number of urea groups is 1. The van der Waals surface area contributed by atoms with E-state index in [1.807, 2.05) is 32.0 Å². The number of piperidine rings is 1. The number of carbonyl (C=O) groups excluding carboxylic acids is 1. The number of benzene rings is 1. The smallest absolute Gasteiger partial charge is 0.317 e. The summed E-state index contributed by atoms with van der Waals surface area (Å²) in [7, 11) is 0. The summed E-state index contributed by atoms with van der Waals surface area (Å²) in [6.45, 7) is 4.65. The van der Waals surface area contributed by atoms with Gasteiger partial charge in [0.05, 0.1) is 12.0 Å². The molecule has 5 nitrogen and oxygen atoms in total. The number of halogens is 1. The minimum atomic E-state index is -0.844. The van der Waals surface area contributed by atoms with Crippen LogP contribution in [0.2, 0.25) is 5.02 Å². The molecule has 0 saturated carbocycles. The number of aliphatic carboxylic acids is 1. The molecule has 1 heterocycles. The van der Waals surface area contributed by atoms with Gasteiger partial charge in [0.15, 0.2) is 0 Å². The van der Waals surface area contributed by atoms with E-state index in [4.69, 9.17) is 11.6 Å². The second-order valence-corrected chi connectivity index (χ2v) is 6.38. The Morgan fingerprint density at radius 2 is 2.05 bits per heavy atom. The minimum absolute atomic E-state index is 0.177. The van der Waals surface area contributed by atoms with Gasteiger partial charge in [0.25, 0.3) is 0 Å². The Balaban J connectivity index is 2.02. The van der Waals surface area contributed by atoms with Crippen molar-refractivity contribution in [3.8, 4) is 0 Å². The first-order chi connectivity index (χ1) is 10.4. The summed E-state index contributed by atoms with van der Waals surface area (Å²) in [5.74, 6) is -1.16. The van der Waals surface area contributed by atoms with Crippen LogP contribution in [0.5, 0.6) is 0 Å². The van der Waals surface area contributed by atoms with E-state index in [2.05, 4.69) is 5.32 Å². The van der Waals surface area contributed by atoms with E-state index in [1.54, 1.807) is 11.0 Å². The van der Waals surface area contributed by atoms with E-state index in [-0.39, 0.29) is 24.5 Å². The fraction of sp³-hybridized carbons (Fsp3) is 0.500. The first-order valence-electron chi connectivity index (χ1n) is 7.41. The minimum Gasteiger partial charge on any atom is -0.481 e. The van der Waals surface area contributed by atoms with Crippen molar-refractivity contribution in [3.05, 3.63) is 34.9 Å². The number of carboxylic acid groups (broad SMARTS) is 1. The van der Waals surface area contributed by atoms with E-state index in [0.717, 1.165) is 5.56 Å². The van der Waals surface area contributed by atoms with Gasteiger partial charge < -0.3 is 15.3 Å². The molecule has 120 valence electrons. The maximum absolute atomic E-state index is 12.4. The number of nitrogens with zero attached hydrogens (tertiary/aromatic N) is 1. The van der Waals surface area contributed by atoms with Crippen LogP contribution in [0.3, 0.4) is 0 Å². The molecule has 0 aromatic heterocycles. The molecule has 1 saturated heterocycles. The monoisotopic (exact) mass is 324 g/mol. The molecule has 0 radical (unpaired) electrons. The number of likely N-dealkylation sites (tertiary alicyclic amines) is 1. The summed E-state index contributed by atoms with van der Waals surface area (Å²) < 4.78 is 0. The zero-order valence-corrected chi connectivity index (χ0v) is 13.5. The van der Waals surface area contributed by atoms with Gasteiger partial charge in [-0.25, -0.2) is 4.79 Å². The van der Waals surface area contributed by atoms with Crippen molar-refractivity contribution in [1.82, 2.24) is 10.2 Å². The number of carbonyl (C=O) groups is 2. The van der Waals surface area contributed by atoms with Gasteiger partial charge in [0, 0.05) is 18.1 Å². The fourth-order valence-electron chi connectivity index (χ4n) is 2.88. The van der Waals surface area contributed by atoms with E-state index >= 15 is 0 Å². The third-order valence-electron chi connectivity index (χ3n) is 4.01. The van der Waals surface area contributed by atoms with Gasteiger partial charge in [-0.3, -0.25) is 4.79 Å².